The predicted molar refractivity (Wildman–Crippen MR) is 83.0 cm³/mol. The van der Waals surface area contributed by atoms with Crippen molar-refractivity contribution in [2.24, 2.45) is 0 Å². The summed E-state index contributed by atoms with van der Waals surface area (Å²) in [6.45, 7) is 3.39. The van der Waals surface area contributed by atoms with Crippen LogP contribution >= 0.6 is 0 Å². The van der Waals surface area contributed by atoms with Crippen molar-refractivity contribution in [2.45, 2.75) is 38.5 Å². The molecule has 0 N–H and O–H groups in total. The van der Waals surface area contributed by atoms with E-state index in [4.69, 9.17) is 0 Å². The molecule has 0 amide bonds. The first kappa shape index (κ1) is 15.4. The number of likely N-dealkylation sites (N-methyl/N-ethyl adjacent to an activating group) is 1. The highest BCUT2D eigenvalue weighted by atomic mass is 15.1. The second kappa shape index (κ2) is 7.70. The minimum Gasteiger partial charge on any atom is -0.309 e. The molecule has 1 aliphatic carbocycles. The van der Waals surface area contributed by atoms with Gasteiger partial charge in [-0.3, -0.25) is 0 Å². The molecule has 0 saturated heterocycles. The Morgan fingerprint density at radius 1 is 1.05 bits per heavy atom. The van der Waals surface area contributed by atoms with E-state index in [0.717, 1.165) is 26.1 Å². The highest BCUT2D eigenvalue weighted by Crippen LogP contribution is 2.22. The van der Waals surface area contributed by atoms with Gasteiger partial charge in [0.25, 0.3) is 0 Å². The van der Waals surface area contributed by atoms with Crippen molar-refractivity contribution in [3.63, 3.8) is 0 Å². The van der Waals surface area contributed by atoms with E-state index in [1.165, 1.54) is 48.9 Å². The van der Waals surface area contributed by atoms with Gasteiger partial charge >= 0.3 is 0 Å². The van der Waals surface area contributed by atoms with Gasteiger partial charge < -0.3 is 9.80 Å². The van der Waals surface area contributed by atoms with Crippen LogP contribution in [0.1, 0.15) is 36.1 Å². The lowest BCUT2D eigenvalue weighted by Gasteiger charge is -2.20. The average Bonchev–Trinajstić information content (AvgIpc) is 2.44. The second-order valence-corrected chi connectivity index (χ2v) is 6.21. The molecule has 1 heterocycles. The van der Waals surface area contributed by atoms with Crippen LogP contribution in [0.5, 0.6) is 0 Å². The molecule has 4 nitrogen and oxygen atoms in total. The summed E-state index contributed by atoms with van der Waals surface area (Å²) in [5.74, 6) is 0. The molecule has 0 fully saturated rings. The molecule has 1 aromatic heterocycles. The van der Waals surface area contributed by atoms with Crippen molar-refractivity contribution in [3.8, 4) is 0 Å². The van der Waals surface area contributed by atoms with Crippen molar-refractivity contribution in [1.82, 2.24) is 20.0 Å². The Morgan fingerprint density at radius 3 is 2.65 bits per heavy atom. The summed E-state index contributed by atoms with van der Waals surface area (Å²) >= 11 is 0. The van der Waals surface area contributed by atoms with Crippen LogP contribution < -0.4 is 0 Å². The fourth-order valence-corrected chi connectivity index (χ4v) is 2.90. The normalized spacial score (nSPS) is 14.8. The van der Waals surface area contributed by atoms with Crippen molar-refractivity contribution in [2.75, 3.05) is 40.8 Å². The Morgan fingerprint density at radius 2 is 1.85 bits per heavy atom. The third-order valence-corrected chi connectivity index (χ3v) is 4.13. The Hall–Kier alpha value is -1.00. The van der Waals surface area contributed by atoms with Gasteiger partial charge in [-0.05, 0) is 77.5 Å². The van der Waals surface area contributed by atoms with Crippen molar-refractivity contribution < 1.29 is 0 Å². The third-order valence-electron chi connectivity index (χ3n) is 4.13. The van der Waals surface area contributed by atoms with Gasteiger partial charge in [0, 0.05) is 13.0 Å². The van der Waals surface area contributed by atoms with Crippen LogP contribution in [0.25, 0.3) is 0 Å². The van der Waals surface area contributed by atoms with E-state index >= 15 is 0 Å². The van der Waals surface area contributed by atoms with Gasteiger partial charge in [0.2, 0.25) is 0 Å². The van der Waals surface area contributed by atoms with Gasteiger partial charge in [-0.15, -0.1) is 0 Å². The van der Waals surface area contributed by atoms with Gasteiger partial charge in [0.15, 0.2) is 0 Å². The van der Waals surface area contributed by atoms with Crippen LogP contribution in [-0.2, 0) is 19.3 Å². The average molecular weight is 276 g/mol. The number of rotatable bonds is 7. The molecule has 2 rings (SSSR count). The van der Waals surface area contributed by atoms with E-state index in [9.17, 15) is 0 Å². The first-order chi connectivity index (χ1) is 9.66. The van der Waals surface area contributed by atoms with E-state index < -0.39 is 0 Å². The lowest BCUT2D eigenvalue weighted by Crippen LogP contribution is -2.26. The maximum absolute atomic E-state index is 4.39. The van der Waals surface area contributed by atoms with Crippen LogP contribution in [0, 0.1) is 0 Å². The molecule has 0 saturated carbocycles. The topological polar surface area (TPSA) is 32.3 Å². The van der Waals surface area contributed by atoms with Crippen molar-refractivity contribution in [3.05, 3.63) is 23.0 Å². The summed E-state index contributed by atoms with van der Waals surface area (Å²) in [7, 11) is 6.47. The smallest absolute Gasteiger partial charge is 0.0678 e. The SMILES string of the molecule is CN(C)CCCN(C)CCc1nncc2c1CCCC2. The third kappa shape index (κ3) is 4.53. The standard InChI is InChI=1S/C16H28N4/c1-19(2)10-6-11-20(3)12-9-16-15-8-5-4-7-14(15)13-17-18-16/h13H,4-12H2,1-3H3. The maximum atomic E-state index is 4.39. The van der Waals surface area contributed by atoms with Gasteiger partial charge in [-0.2, -0.15) is 10.2 Å². The van der Waals surface area contributed by atoms with E-state index in [2.05, 4.69) is 41.1 Å². The molecule has 0 aromatic carbocycles. The molecule has 4 heteroatoms. The lowest BCUT2D eigenvalue weighted by atomic mass is 9.91. The summed E-state index contributed by atoms with van der Waals surface area (Å²) in [5, 5.41) is 8.57. The summed E-state index contributed by atoms with van der Waals surface area (Å²) in [5.41, 5.74) is 4.17. The Bertz CT molecular complexity index is 417. The number of hydrogen-bond acceptors (Lipinski definition) is 4. The van der Waals surface area contributed by atoms with Gasteiger partial charge in [-0.25, -0.2) is 0 Å². The van der Waals surface area contributed by atoms with Crippen molar-refractivity contribution in [1.29, 1.82) is 0 Å². The number of nitrogens with zero attached hydrogens (tertiary/aromatic N) is 4. The zero-order valence-electron chi connectivity index (χ0n) is 13.2. The molecular formula is C16H28N4. The summed E-state index contributed by atoms with van der Waals surface area (Å²) in [4.78, 5) is 4.65. The van der Waals surface area contributed by atoms with E-state index in [0.29, 0.717) is 0 Å². The number of aryl methyl sites for hydroxylation is 1. The van der Waals surface area contributed by atoms with Gasteiger partial charge in [0.1, 0.15) is 0 Å². The summed E-state index contributed by atoms with van der Waals surface area (Å²) < 4.78 is 0. The van der Waals surface area contributed by atoms with Crippen LogP contribution in [0.3, 0.4) is 0 Å². The molecular weight excluding hydrogens is 248 g/mol. The maximum Gasteiger partial charge on any atom is 0.0678 e. The zero-order valence-corrected chi connectivity index (χ0v) is 13.2. The molecule has 0 spiro atoms. The molecule has 0 atom stereocenters. The first-order valence-electron chi connectivity index (χ1n) is 7.82. The minimum atomic E-state index is 1.04. The lowest BCUT2D eigenvalue weighted by molar-refractivity contribution is 0.302. The van der Waals surface area contributed by atoms with Crippen molar-refractivity contribution >= 4 is 0 Å². The monoisotopic (exact) mass is 276 g/mol. The van der Waals surface area contributed by atoms with E-state index in [1.54, 1.807) is 0 Å². The fourth-order valence-electron chi connectivity index (χ4n) is 2.90. The van der Waals surface area contributed by atoms with Gasteiger partial charge in [-0.1, -0.05) is 0 Å². The molecule has 20 heavy (non-hydrogen) atoms. The quantitative estimate of drug-likeness (QED) is 0.760. The van der Waals surface area contributed by atoms with E-state index in [1.807, 2.05) is 6.20 Å². The largest absolute Gasteiger partial charge is 0.309 e. The molecule has 0 bridgehead atoms. The highest BCUT2D eigenvalue weighted by molar-refractivity contribution is 5.30. The number of hydrogen-bond donors (Lipinski definition) is 0. The van der Waals surface area contributed by atoms with Gasteiger partial charge in [0.05, 0.1) is 11.9 Å². The second-order valence-electron chi connectivity index (χ2n) is 6.21. The van der Waals surface area contributed by atoms with Crippen LogP contribution in [0.4, 0.5) is 0 Å². The fraction of sp³-hybridized carbons (Fsp3) is 0.750. The Kier molecular flexibility index (Phi) is 5.92. The zero-order chi connectivity index (χ0) is 14.4. The molecule has 112 valence electrons. The number of aromatic nitrogens is 2. The highest BCUT2D eigenvalue weighted by Gasteiger charge is 2.15. The minimum absolute atomic E-state index is 1.04. The summed E-state index contributed by atoms with van der Waals surface area (Å²) in [6.07, 6.45) is 9.24. The molecule has 0 aliphatic heterocycles. The van der Waals surface area contributed by atoms with Crippen LogP contribution in [-0.4, -0.2) is 60.8 Å². The number of fused-ring (bicyclic) bond motifs is 1. The molecule has 0 radical (unpaired) electrons. The first-order valence-corrected chi connectivity index (χ1v) is 7.82. The van der Waals surface area contributed by atoms with Crippen LogP contribution in [0.15, 0.2) is 6.20 Å². The predicted octanol–water partition coefficient (Wildman–Crippen LogP) is 1.78. The van der Waals surface area contributed by atoms with Crippen LogP contribution in [0.2, 0.25) is 0 Å². The Balaban J connectivity index is 1.82. The molecule has 0 unspecified atom stereocenters. The summed E-state index contributed by atoms with van der Waals surface area (Å²) in [6, 6.07) is 0. The molecule has 1 aromatic rings. The Labute approximate surface area is 123 Å². The van der Waals surface area contributed by atoms with E-state index in [-0.39, 0.29) is 0 Å². The molecule has 1 aliphatic rings.